The molecule has 0 aliphatic heterocycles. The molecule has 2 aromatic heterocycles. The number of ether oxygens (including phenoxy) is 1. The molecule has 2 amide bonds. The molecule has 0 spiro atoms. The highest BCUT2D eigenvalue weighted by molar-refractivity contribution is 7.11. The minimum atomic E-state index is -1.02. The highest BCUT2D eigenvalue weighted by atomic mass is 35.5. The maximum Gasteiger partial charge on any atom is 0.281 e. The van der Waals surface area contributed by atoms with E-state index in [9.17, 15) is 9.59 Å². The van der Waals surface area contributed by atoms with Crippen molar-refractivity contribution >= 4 is 46.4 Å². The second-order valence-corrected chi connectivity index (χ2v) is 9.60. The van der Waals surface area contributed by atoms with Crippen molar-refractivity contribution in [3.63, 3.8) is 0 Å². The number of carbonyl (C=O) groups is 2. The predicted octanol–water partition coefficient (Wildman–Crippen LogP) is 5.19. The highest BCUT2D eigenvalue weighted by Crippen LogP contribution is 2.40. The fraction of sp³-hybridized carbons (Fsp3) is 0.304. The van der Waals surface area contributed by atoms with Gasteiger partial charge < -0.3 is 15.4 Å². The van der Waals surface area contributed by atoms with E-state index >= 15 is 4.39 Å². The van der Waals surface area contributed by atoms with Gasteiger partial charge >= 0.3 is 0 Å². The van der Waals surface area contributed by atoms with Crippen molar-refractivity contribution in [2.45, 2.75) is 38.3 Å². The summed E-state index contributed by atoms with van der Waals surface area (Å²) in [5, 5.41) is 8.16. The van der Waals surface area contributed by atoms with Gasteiger partial charge in [-0.25, -0.2) is 9.37 Å². The summed E-state index contributed by atoms with van der Waals surface area (Å²) in [6.07, 6.45) is 3.98. The lowest BCUT2D eigenvalue weighted by molar-refractivity contribution is -0.124. The fourth-order valence-corrected chi connectivity index (χ4v) is 4.60. The maximum absolute atomic E-state index is 15.1. The van der Waals surface area contributed by atoms with E-state index in [0.29, 0.717) is 46.4 Å². The summed E-state index contributed by atoms with van der Waals surface area (Å²) in [5.74, 6) is -1.03. The third-order valence-corrected chi connectivity index (χ3v) is 6.67. The summed E-state index contributed by atoms with van der Waals surface area (Å²) in [6.45, 7) is 3.81. The SMILES string of the molecule is CCOc1c(Cl)cc(Cl)cc1-c1cnc([C@@H](C)NC(=O)C2(NC(=O)c3nccs3)CC2)c(F)c1. The van der Waals surface area contributed by atoms with Gasteiger partial charge in [-0.3, -0.25) is 14.6 Å². The second kappa shape index (κ2) is 9.85. The van der Waals surface area contributed by atoms with Gasteiger partial charge in [-0.05, 0) is 44.9 Å². The summed E-state index contributed by atoms with van der Waals surface area (Å²) >= 11 is 13.6. The molecular formula is C23H21Cl2FN4O3S. The number of thiazole rings is 1. The smallest absolute Gasteiger partial charge is 0.281 e. The van der Waals surface area contributed by atoms with Gasteiger partial charge in [-0.2, -0.15) is 0 Å². The third-order valence-electron chi connectivity index (χ3n) is 5.40. The average molecular weight is 523 g/mol. The van der Waals surface area contributed by atoms with Crippen molar-refractivity contribution in [3.8, 4) is 16.9 Å². The normalized spacial score (nSPS) is 14.9. The van der Waals surface area contributed by atoms with Gasteiger partial charge in [-0.1, -0.05) is 23.2 Å². The lowest BCUT2D eigenvalue weighted by Gasteiger charge is -2.21. The molecule has 4 rings (SSSR count). The number of hydrogen-bond donors (Lipinski definition) is 2. The molecular weight excluding hydrogens is 502 g/mol. The number of aromatic nitrogens is 2. The Hall–Kier alpha value is -2.75. The number of hydrogen-bond acceptors (Lipinski definition) is 6. The van der Waals surface area contributed by atoms with Gasteiger partial charge in [0.1, 0.15) is 17.1 Å². The predicted molar refractivity (Wildman–Crippen MR) is 129 cm³/mol. The van der Waals surface area contributed by atoms with Crippen LogP contribution in [0.5, 0.6) is 5.75 Å². The van der Waals surface area contributed by atoms with Crippen molar-refractivity contribution in [1.29, 1.82) is 0 Å². The Morgan fingerprint density at radius 1 is 1.26 bits per heavy atom. The molecule has 178 valence electrons. The number of benzene rings is 1. The van der Waals surface area contributed by atoms with E-state index in [1.807, 2.05) is 6.92 Å². The number of amides is 2. The Bertz CT molecular complexity index is 1240. The first kappa shape index (κ1) is 24.4. The molecule has 0 unspecified atom stereocenters. The zero-order valence-electron chi connectivity index (χ0n) is 18.3. The molecule has 1 saturated carbocycles. The molecule has 11 heteroatoms. The van der Waals surface area contributed by atoms with Gasteiger partial charge in [0, 0.05) is 33.9 Å². The number of halogens is 3. The minimum absolute atomic E-state index is 0.0604. The molecule has 3 aromatic rings. The van der Waals surface area contributed by atoms with Gasteiger partial charge in [0.2, 0.25) is 5.91 Å². The monoisotopic (exact) mass is 522 g/mol. The molecule has 1 fully saturated rings. The van der Waals surface area contributed by atoms with Crippen LogP contribution in [-0.4, -0.2) is 33.9 Å². The zero-order chi connectivity index (χ0) is 24.5. The van der Waals surface area contributed by atoms with Crippen LogP contribution < -0.4 is 15.4 Å². The maximum atomic E-state index is 15.1. The van der Waals surface area contributed by atoms with E-state index in [0.717, 1.165) is 0 Å². The molecule has 0 saturated heterocycles. The van der Waals surface area contributed by atoms with Gasteiger partial charge in [0.15, 0.2) is 5.01 Å². The summed E-state index contributed by atoms with van der Waals surface area (Å²) in [6, 6.07) is 3.74. The van der Waals surface area contributed by atoms with Crippen molar-refractivity contribution < 1.29 is 18.7 Å². The highest BCUT2D eigenvalue weighted by Gasteiger charge is 2.51. The lowest BCUT2D eigenvalue weighted by Crippen LogP contribution is -2.49. The summed E-state index contributed by atoms with van der Waals surface area (Å²) in [4.78, 5) is 33.4. The average Bonchev–Trinajstić information content (AvgIpc) is 3.36. The quantitative estimate of drug-likeness (QED) is 0.424. The first-order chi connectivity index (χ1) is 16.2. The van der Waals surface area contributed by atoms with E-state index < -0.39 is 29.2 Å². The van der Waals surface area contributed by atoms with E-state index in [1.54, 1.807) is 24.4 Å². The molecule has 1 aliphatic carbocycles. The number of pyridine rings is 1. The van der Waals surface area contributed by atoms with Crippen LogP contribution in [-0.2, 0) is 4.79 Å². The van der Waals surface area contributed by atoms with E-state index in [4.69, 9.17) is 27.9 Å². The van der Waals surface area contributed by atoms with Crippen LogP contribution in [0, 0.1) is 5.82 Å². The van der Waals surface area contributed by atoms with Crippen LogP contribution in [0.25, 0.3) is 11.1 Å². The van der Waals surface area contributed by atoms with Gasteiger partial charge in [0.05, 0.1) is 23.4 Å². The van der Waals surface area contributed by atoms with Crippen molar-refractivity contribution in [1.82, 2.24) is 20.6 Å². The second-order valence-electron chi connectivity index (χ2n) is 7.86. The molecule has 1 aromatic carbocycles. The molecule has 1 atom stereocenters. The topological polar surface area (TPSA) is 93.2 Å². The van der Waals surface area contributed by atoms with Gasteiger partial charge in [-0.15, -0.1) is 11.3 Å². The Morgan fingerprint density at radius 3 is 2.65 bits per heavy atom. The summed E-state index contributed by atoms with van der Waals surface area (Å²) in [5.41, 5.74) is -0.0137. The van der Waals surface area contributed by atoms with Crippen LogP contribution in [0.4, 0.5) is 4.39 Å². The van der Waals surface area contributed by atoms with Crippen LogP contribution in [0.2, 0.25) is 10.0 Å². The Labute approximate surface area is 209 Å². The summed E-state index contributed by atoms with van der Waals surface area (Å²) < 4.78 is 20.7. The third kappa shape index (κ3) is 5.01. The van der Waals surface area contributed by atoms with Crippen molar-refractivity contribution in [3.05, 3.63) is 62.5 Å². The van der Waals surface area contributed by atoms with Gasteiger partial charge in [0.25, 0.3) is 5.91 Å². The van der Waals surface area contributed by atoms with Crippen molar-refractivity contribution in [2.75, 3.05) is 6.61 Å². The molecule has 0 radical (unpaired) electrons. The minimum Gasteiger partial charge on any atom is -0.492 e. The zero-order valence-corrected chi connectivity index (χ0v) is 20.7. The lowest BCUT2D eigenvalue weighted by atomic mass is 10.0. The van der Waals surface area contributed by atoms with E-state index in [1.165, 1.54) is 29.8 Å². The Morgan fingerprint density at radius 2 is 2.03 bits per heavy atom. The number of nitrogens with one attached hydrogen (secondary N) is 2. The van der Waals surface area contributed by atoms with Crippen LogP contribution in [0.15, 0.2) is 36.0 Å². The molecule has 2 heterocycles. The molecule has 0 bridgehead atoms. The van der Waals surface area contributed by atoms with Crippen molar-refractivity contribution in [2.24, 2.45) is 0 Å². The number of carbonyl (C=O) groups excluding carboxylic acids is 2. The molecule has 1 aliphatic rings. The fourth-order valence-electron chi connectivity index (χ4n) is 3.52. The number of rotatable bonds is 8. The van der Waals surface area contributed by atoms with E-state index in [2.05, 4.69) is 20.6 Å². The molecule has 7 nitrogen and oxygen atoms in total. The van der Waals surface area contributed by atoms with Crippen LogP contribution in [0.3, 0.4) is 0 Å². The largest absolute Gasteiger partial charge is 0.492 e. The first-order valence-corrected chi connectivity index (χ1v) is 12.2. The number of nitrogens with zero attached hydrogens (tertiary/aromatic N) is 2. The van der Waals surface area contributed by atoms with E-state index in [-0.39, 0.29) is 10.7 Å². The Kier molecular flexibility index (Phi) is 7.06. The summed E-state index contributed by atoms with van der Waals surface area (Å²) in [7, 11) is 0. The molecule has 2 N–H and O–H groups in total. The van der Waals surface area contributed by atoms with Crippen LogP contribution in [0.1, 0.15) is 48.2 Å². The van der Waals surface area contributed by atoms with Crippen LogP contribution >= 0.6 is 34.5 Å². The Balaban J connectivity index is 1.50. The molecule has 34 heavy (non-hydrogen) atoms. The standard InChI is InChI=1S/C23H21Cl2FN4O3S/c1-3-33-19-15(9-14(24)10-16(19)25)13-8-17(26)18(28-11-13)12(2)29-22(32)23(4-5-23)30-20(31)21-27-6-7-34-21/h6-12H,3-5H2,1-2H3,(H,29,32)(H,30,31)/t12-/m1/s1. The first-order valence-electron chi connectivity index (χ1n) is 10.5.